The van der Waals surface area contributed by atoms with E-state index in [1.54, 1.807) is 12.1 Å². The fourth-order valence-electron chi connectivity index (χ4n) is 2.79. The van der Waals surface area contributed by atoms with Crippen molar-refractivity contribution in [1.29, 1.82) is 0 Å². The second-order valence-electron chi connectivity index (χ2n) is 6.76. The zero-order chi connectivity index (χ0) is 24.3. The Morgan fingerprint density at radius 1 is 1.15 bits per heavy atom. The van der Waals surface area contributed by atoms with Crippen LogP contribution in [0.2, 0.25) is 5.02 Å². The van der Waals surface area contributed by atoms with Gasteiger partial charge in [0.2, 0.25) is 0 Å². The summed E-state index contributed by atoms with van der Waals surface area (Å²) in [6, 6.07) is 9.18. The number of halogens is 1. The van der Waals surface area contributed by atoms with Crippen molar-refractivity contribution in [3.8, 4) is 0 Å². The molecule has 2 aromatic carbocycles. The van der Waals surface area contributed by atoms with Gasteiger partial charge in [-0.3, -0.25) is 29.6 Å². The molecule has 0 saturated heterocycles. The SMILES string of the molecule is Cn1cc(/C=N/Nc2ccc(S(=O)(=O)Nc3cccc(Cl)c3)cc2[N+](=O)[O-])c(=O)n(C)c1=O. The first-order valence-electron chi connectivity index (χ1n) is 9.12. The molecule has 0 aliphatic carbocycles. The number of nitro groups is 1. The highest BCUT2D eigenvalue weighted by Crippen LogP contribution is 2.29. The van der Waals surface area contributed by atoms with Crippen LogP contribution in [0.4, 0.5) is 17.1 Å². The third kappa shape index (κ3) is 5.27. The van der Waals surface area contributed by atoms with Gasteiger partial charge in [-0.2, -0.15) is 5.10 Å². The zero-order valence-corrected chi connectivity index (χ0v) is 18.8. The number of benzene rings is 2. The van der Waals surface area contributed by atoms with Crippen LogP contribution in [0.1, 0.15) is 5.56 Å². The summed E-state index contributed by atoms with van der Waals surface area (Å²) in [6.07, 6.45) is 2.36. The Bertz CT molecular complexity index is 1500. The van der Waals surface area contributed by atoms with Gasteiger partial charge < -0.3 is 4.57 Å². The number of hydrogen-bond acceptors (Lipinski definition) is 8. The predicted molar refractivity (Wildman–Crippen MR) is 123 cm³/mol. The highest BCUT2D eigenvalue weighted by Gasteiger charge is 2.21. The number of anilines is 2. The van der Waals surface area contributed by atoms with Crippen LogP contribution < -0.4 is 21.4 Å². The number of aromatic nitrogens is 2. The quantitative estimate of drug-likeness (QED) is 0.289. The smallest absolute Gasteiger partial charge is 0.303 e. The molecule has 1 heterocycles. The number of sulfonamides is 1. The van der Waals surface area contributed by atoms with Crippen LogP contribution in [0, 0.1) is 10.1 Å². The van der Waals surface area contributed by atoms with Crippen molar-refractivity contribution in [2.24, 2.45) is 19.2 Å². The first-order valence-corrected chi connectivity index (χ1v) is 11.0. The van der Waals surface area contributed by atoms with Crippen molar-refractivity contribution in [3.63, 3.8) is 0 Å². The summed E-state index contributed by atoms with van der Waals surface area (Å²) in [5.74, 6) is 0. The van der Waals surface area contributed by atoms with E-state index in [0.717, 1.165) is 22.9 Å². The van der Waals surface area contributed by atoms with Crippen molar-refractivity contribution >= 4 is 44.9 Å². The van der Waals surface area contributed by atoms with Gasteiger partial charge in [0.05, 0.1) is 27.3 Å². The van der Waals surface area contributed by atoms with Crippen LogP contribution in [0.5, 0.6) is 0 Å². The first-order chi connectivity index (χ1) is 15.5. The number of nitrogens with one attached hydrogen (secondary N) is 2. The van der Waals surface area contributed by atoms with Gasteiger partial charge in [0.15, 0.2) is 0 Å². The molecule has 172 valence electrons. The van der Waals surface area contributed by atoms with E-state index in [-0.39, 0.29) is 21.8 Å². The highest BCUT2D eigenvalue weighted by molar-refractivity contribution is 7.92. The second-order valence-corrected chi connectivity index (χ2v) is 8.88. The van der Waals surface area contributed by atoms with E-state index in [1.165, 1.54) is 43.1 Å². The number of nitrogens with zero attached hydrogens (tertiary/aromatic N) is 4. The zero-order valence-electron chi connectivity index (χ0n) is 17.2. The normalized spacial score (nSPS) is 11.5. The Balaban J connectivity index is 1.89. The Labute approximate surface area is 192 Å². The Kier molecular flexibility index (Phi) is 6.65. The van der Waals surface area contributed by atoms with E-state index >= 15 is 0 Å². The van der Waals surface area contributed by atoms with E-state index in [0.29, 0.717) is 5.02 Å². The van der Waals surface area contributed by atoms with Crippen LogP contribution in [0.15, 0.2) is 68.2 Å². The summed E-state index contributed by atoms with van der Waals surface area (Å²) in [6.45, 7) is 0. The van der Waals surface area contributed by atoms with Crippen molar-refractivity contribution in [2.45, 2.75) is 4.90 Å². The van der Waals surface area contributed by atoms with Gasteiger partial charge in [0.25, 0.3) is 21.3 Å². The van der Waals surface area contributed by atoms with E-state index < -0.39 is 31.9 Å². The van der Waals surface area contributed by atoms with Gasteiger partial charge >= 0.3 is 5.69 Å². The molecule has 12 nitrogen and oxygen atoms in total. The summed E-state index contributed by atoms with van der Waals surface area (Å²) in [4.78, 5) is 34.2. The van der Waals surface area contributed by atoms with Crippen LogP contribution in [0.3, 0.4) is 0 Å². The van der Waals surface area contributed by atoms with Gasteiger partial charge in [0.1, 0.15) is 5.69 Å². The highest BCUT2D eigenvalue weighted by atomic mass is 35.5. The molecule has 0 amide bonds. The molecule has 0 atom stereocenters. The number of nitro benzene ring substituents is 1. The third-order valence-corrected chi connectivity index (χ3v) is 6.03. The molecule has 0 aliphatic heterocycles. The molecule has 2 N–H and O–H groups in total. The number of hydrazone groups is 1. The van der Waals surface area contributed by atoms with Gasteiger partial charge in [-0.25, -0.2) is 13.2 Å². The molecule has 33 heavy (non-hydrogen) atoms. The molecule has 14 heteroatoms. The van der Waals surface area contributed by atoms with Gasteiger partial charge in [-0.1, -0.05) is 17.7 Å². The molecule has 0 radical (unpaired) electrons. The molecule has 3 rings (SSSR count). The molecular formula is C19H17ClN6O6S. The maximum atomic E-state index is 12.6. The van der Waals surface area contributed by atoms with Crippen molar-refractivity contribution in [3.05, 3.63) is 90.2 Å². The minimum Gasteiger partial charge on any atom is -0.303 e. The number of rotatable bonds is 7. The third-order valence-electron chi connectivity index (χ3n) is 4.41. The van der Waals surface area contributed by atoms with Gasteiger partial charge in [-0.15, -0.1) is 0 Å². The lowest BCUT2D eigenvalue weighted by molar-refractivity contribution is -0.384. The minimum absolute atomic E-state index is 0.0553. The standard InChI is InChI=1S/C19H17ClN6O6S/c1-24-11-12(18(27)25(2)19(24)28)10-21-22-16-7-6-15(9-17(16)26(29)30)33(31,32)23-14-5-3-4-13(20)8-14/h3-11,22-23H,1-2H3/b21-10+. The number of aryl methyl sites for hydroxylation is 1. The monoisotopic (exact) mass is 492 g/mol. The lowest BCUT2D eigenvalue weighted by atomic mass is 10.3. The maximum absolute atomic E-state index is 12.6. The summed E-state index contributed by atoms with van der Waals surface area (Å²) in [7, 11) is -1.39. The summed E-state index contributed by atoms with van der Waals surface area (Å²) in [5, 5.41) is 15.6. The molecule has 0 fully saturated rings. The molecule has 0 aliphatic rings. The molecular weight excluding hydrogens is 476 g/mol. The van der Waals surface area contributed by atoms with Crippen LogP contribution in [-0.2, 0) is 24.1 Å². The van der Waals surface area contributed by atoms with Crippen LogP contribution in [0.25, 0.3) is 0 Å². The van der Waals surface area contributed by atoms with E-state index in [4.69, 9.17) is 11.6 Å². The van der Waals surface area contributed by atoms with E-state index in [1.807, 2.05) is 0 Å². The Morgan fingerprint density at radius 3 is 2.55 bits per heavy atom. The molecule has 0 spiro atoms. The maximum Gasteiger partial charge on any atom is 0.330 e. The summed E-state index contributed by atoms with van der Waals surface area (Å²) < 4.78 is 29.6. The second kappa shape index (κ2) is 9.26. The summed E-state index contributed by atoms with van der Waals surface area (Å²) >= 11 is 5.85. The van der Waals surface area contributed by atoms with Crippen molar-refractivity contribution < 1.29 is 13.3 Å². The average Bonchev–Trinajstić information content (AvgIpc) is 2.75. The van der Waals surface area contributed by atoms with E-state index in [2.05, 4.69) is 15.2 Å². The van der Waals surface area contributed by atoms with Crippen molar-refractivity contribution in [1.82, 2.24) is 9.13 Å². The largest absolute Gasteiger partial charge is 0.330 e. The Morgan fingerprint density at radius 2 is 1.88 bits per heavy atom. The molecule has 3 aromatic rings. The first kappa shape index (κ1) is 23.7. The molecule has 0 bridgehead atoms. The fourth-order valence-corrected chi connectivity index (χ4v) is 4.05. The minimum atomic E-state index is -4.14. The Hall–Kier alpha value is -3.97. The average molecular weight is 493 g/mol. The molecule has 1 aromatic heterocycles. The van der Waals surface area contributed by atoms with Crippen molar-refractivity contribution in [2.75, 3.05) is 10.1 Å². The topological polar surface area (TPSA) is 158 Å². The number of hydrogen-bond donors (Lipinski definition) is 2. The molecule has 0 unspecified atom stereocenters. The van der Waals surface area contributed by atoms with Crippen LogP contribution >= 0.6 is 11.6 Å². The van der Waals surface area contributed by atoms with Crippen LogP contribution in [-0.4, -0.2) is 28.7 Å². The van der Waals surface area contributed by atoms with E-state index in [9.17, 15) is 28.1 Å². The van der Waals surface area contributed by atoms with Gasteiger partial charge in [0, 0.05) is 31.4 Å². The van der Waals surface area contributed by atoms with Gasteiger partial charge in [-0.05, 0) is 30.3 Å². The lowest BCUT2D eigenvalue weighted by Crippen LogP contribution is -2.38. The fraction of sp³-hybridized carbons (Fsp3) is 0.105. The molecule has 0 saturated carbocycles. The predicted octanol–water partition coefficient (Wildman–Crippen LogP) is 1.89. The summed E-state index contributed by atoms with van der Waals surface area (Å²) in [5.41, 5.74) is 0.864. The lowest BCUT2D eigenvalue weighted by Gasteiger charge is -2.09.